The van der Waals surface area contributed by atoms with Crippen molar-refractivity contribution in [3.8, 4) is 11.1 Å². The quantitative estimate of drug-likeness (QED) is 0.369. The zero-order valence-electron chi connectivity index (χ0n) is 17.0. The molecule has 4 rings (SSSR count). The van der Waals surface area contributed by atoms with Gasteiger partial charge < -0.3 is 4.90 Å². The maximum absolute atomic E-state index is 6.29. The number of likely N-dealkylation sites (N-methyl/N-ethyl adjacent to an activating group) is 1. The van der Waals surface area contributed by atoms with Crippen molar-refractivity contribution < 1.29 is 0 Å². The molecular formula is C23H23ClN4S. The minimum absolute atomic E-state index is 0.288. The number of aromatic nitrogens is 3. The summed E-state index contributed by atoms with van der Waals surface area (Å²) in [6, 6.07) is 10.7. The molecule has 3 aromatic heterocycles. The Morgan fingerprint density at radius 3 is 2.48 bits per heavy atom. The van der Waals surface area contributed by atoms with E-state index in [2.05, 4.69) is 65.9 Å². The second kappa shape index (κ2) is 8.09. The summed E-state index contributed by atoms with van der Waals surface area (Å²) in [5.41, 5.74) is 6.23. The molecule has 0 aliphatic rings. The number of rotatable bonds is 5. The fourth-order valence-corrected chi connectivity index (χ4v) is 4.80. The maximum Gasteiger partial charge on any atom is 0.225 e. The number of hydrogen-bond donors (Lipinski definition) is 0. The lowest BCUT2D eigenvalue weighted by Gasteiger charge is -2.20. The van der Waals surface area contributed by atoms with Crippen LogP contribution < -0.4 is 4.90 Å². The molecule has 3 heterocycles. The minimum Gasteiger partial charge on any atom is -0.359 e. The van der Waals surface area contributed by atoms with Gasteiger partial charge in [0, 0.05) is 36.4 Å². The van der Waals surface area contributed by atoms with Crippen LogP contribution >= 0.6 is 22.9 Å². The van der Waals surface area contributed by atoms with Crippen LogP contribution in [0.25, 0.3) is 21.3 Å². The summed E-state index contributed by atoms with van der Waals surface area (Å²) in [7, 11) is 2.07. The fourth-order valence-electron chi connectivity index (χ4n) is 3.54. The number of fused-ring (bicyclic) bond motifs is 1. The molecule has 0 unspecified atom stereocenters. The van der Waals surface area contributed by atoms with Crippen LogP contribution in [-0.2, 0) is 6.42 Å². The third-order valence-corrected chi connectivity index (χ3v) is 6.49. The molecule has 0 atom stereocenters. The molecule has 0 spiro atoms. The van der Waals surface area contributed by atoms with E-state index in [1.54, 1.807) is 11.3 Å². The minimum atomic E-state index is 0.288. The molecule has 1 aromatic carbocycles. The monoisotopic (exact) mass is 422 g/mol. The Hall–Kier alpha value is -2.50. The van der Waals surface area contributed by atoms with Crippen molar-refractivity contribution >= 4 is 39.0 Å². The van der Waals surface area contributed by atoms with Gasteiger partial charge in [0.1, 0.15) is 10.6 Å². The Labute approximate surface area is 180 Å². The Bertz CT molecular complexity index is 1170. The van der Waals surface area contributed by atoms with E-state index in [1.165, 1.54) is 32.7 Å². The zero-order chi connectivity index (χ0) is 20.5. The van der Waals surface area contributed by atoms with Crippen molar-refractivity contribution in [2.75, 3.05) is 18.5 Å². The van der Waals surface area contributed by atoms with E-state index in [0.29, 0.717) is 0 Å². The van der Waals surface area contributed by atoms with Crippen molar-refractivity contribution in [1.82, 2.24) is 15.0 Å². The molecule has 0 saturated carbocycles. The lowest BCUT2D eigenvalue weighted by molar-refractivity contribution is 0.861. The van der Waals surface area contributed by atoms with Crippen molar-refractivity contribution in [2.24, 2.45) is 0 Å². The lowest BCUT2D eigenvalue weighted by Crippen LogP contribution is -2.22. The van der Waals surface area contributed by atoms with E-state index >= 15 is 0 Å². The molecule has 4 nitrogen and oxygen atoms in total. The highest BCUT2D eigenvalue weighted by Crippen LogP contribution is 2.42. The second-order valence-electron chi connectivity index (χ2n) is 7.36. The van der Waals surface area contributed by atoms with E-state index in [0.717, 1.165) is 29.0 Å². The SMILES string of the molecule is Cc1ccc(-c2c(C)sc3nc(Cl)nc(N(C)CCc4ccncc4)c23)cc1C. The molecule has 0 aliphatic carbocycles. The van der Waals surface area contributed by atoms with Gasteiger partial charge in [-0.25, -0.2) is 4.98 Å². The van der Waals surface area contributed by atoms with E-state index in [1.807, 2.05) is 24.5 Å². The van der Waals surface area contributed by atoms with Crippen LogP contribution in [0, 0.1) is 20.8 Å². The van der Waals surface area contributed by atoms with Crippen molar-refractivity contribution in [3.05, 3.63) is 69.6 Å². The number of pyridine rings is 1. The normalized spacial score (nSPS) is 11.2. The highest BCUT2D eigenvalue weighted by Gasteiger charge is 2.20. The number of thiophene rings is 1. The largest absolute Gasteiger partial charge is 0.359 e. The van der Waals surface area contributed by atoms with Crippen LogP contribution in [0.15, 0.2) is 42.7 Å². The molecular weight excluding hydrogens is 400 g/mol. The fraction of sp³-hybridized carbons (Fsp3) is 0.261. The summed E-state index contributed by atoms with van der Waals surface area (Å²) in [6.07, 6.45) is 4.56. The Kier molecular flexibility index (Phi) is 5.52. The van der Waals surface area contributed by atoms with Crippen LogP contribution in [0.2, 0.25) is 5.28 Å². The first-order valence-corrected chi connectivity index (χ1v) is 10.8. The van der Waals surface area contributed by atoms with E-state index in [-0.39, 0.29) is 5.28 Å². The van der Waals surface area contributed by atoms with Gasteiger partial charge in [-0.05, 0) is 73.2 Å². The average Bonchev–Trinajstić information content (AvgIpc) is 3.03. The maximum atomic E-state index is 6.29. The molecule has 0 amide bonds. The molecule has 29 heavy (non-hydrogen) atoms. The smallest absolute Gasteiger partial charge is 0.225 e. The highest BCUT2D eigenvalue weighted by atomic mass is 35.5. The van der Waals surface area contributed by atoms with Crippen LogP contribution in [-0.4, -0.2) is 28.5 Å². The van der Waals surface area contributed by atoms with Gasteiger partial charge in [-0.1, -0.05) is 18.2 Å². The van der Waals surface area contributed by atoms with Gasteiger partial charge in [-0.3, -0.25) is 4.98 Å². The third kappa shape index (κ3) is 3.98. The molecule has 0 radical (unpaired) electrons. The molecule has 0 N–H and O–H groups in total. The predicted molar refractivity (Wildman–Crippen MR) is 123 cm³/mol. The lowest BCUT2D eigenvalue weighted by atomic mass is 9.99. The molecule has 0 aliphatic heterocycles. The van der Waals surface area contributed by atoms with Crippen molar-refractivity contribution in [1.29, 1.82) is 0 Å². The van der Waals surface area contributed by atoms with Crippen LogP contribution in [0.3, 0.4) is 0 Å². The number of halogens is 1. The van der Waals surface area contributed by atoms with E-state index < -0.39 is 0 Å². The first kappa shape index (κ1) is 19.8. The van der Waals surface area contributed by atoms with Gasteiger partial charge in [-0.2, -0.15) is 4.98 Å². The van der Waals surface area contributed by atoms with Gasteiger partial charge in [0.25, 0.3) is 0 Å². The molecule has 6 heteroatoms. The van der Waals surface area contributed by atoms with Gasteiger partial charge in [0.15, 0.2) is 0 Å². The Morgan fingerprint density at radius 1 is 1.00 bits per heavy atom. The molecule has 4 aromatic rings. The summed E-state index contributed by atoms with van der Waals surface area (Å²) in [5, 5.41) is 1.37. The van der Waals surface area contributed by atoms with E-state index in [9.17, 15) is 0 Å². The molecule has 0 fully saturated rings. The van der Waals surface area contributed by atoms with Crippen molar-refractivity contribution in [2.45, 2.75) is 27.2 Å². The van der Waals surface area contributed by atoms with Crippen LogP contribution in [0.1, 0.15) is 21.6 Å². The van der Waals surface area contributed by atoms with E-state index in [4.69, 9.17) is 11.6 Å². The zero-order valence-corrected chi connectivity index (χ0v) is 18.6. The first-order chi connectivity index (χ1) is 13.9. The summed E-state index contributed by atoms with van der Waals surface area (Å²) in [5.74, 6) is 0.881. The van der Waals surface area contributed by atoms with Gasteiger partial charge in [0.2, 0.25) is 5.28 Å². The summed E-state index contributed by atoms with van der Waals surface area (Å²) in [4.78, 5) is 17.6. The van der Waals surface area contributed by atoms with Gasteiger partial charge >= 0.3 is 0 Å². The topological polar surface area (TPSA) is 41.9 Å². The van der Waals surface area contributed by atoms with Gasteiger partial charge in [-0.15, -0.1) is 11.3 Å². The molecule has 0 saturated heterocycles. The summed E-state index contributed by atoms with van der Waals surface area (Å²) >= 11 is 7.96. The second-order valence-corrected chi connectivity index (χ2v) is 8.90. The first-order valence-electron chi connectivity index (χ1n) is 9.58. The van der Waals surface area contributed by atoms with Crippen LogP contribution in [0.5, 0.6) is 0 Å². The number of anilines is 1. The highest BCUT2D eigenvalue weighted by molar-refractivity contribution is 7.19. The predicted octanol–water partition coefficient (Wildman–Crippen LogP) is 6.01. The number of aryl methyl sites for hydroxylation is 3. The molecule has 0 bridgehead atoms. The van der Waals surface area contributed by atoms with Gasteiger partial charge in [0.05, 0.1) is 5.39 Å². The Balaban J connectivity index is 1.80. The number of nitrogens with zero attached hydrogens (tertiary/aromatic N) is 4. The molecule has 148 valence electrons. The third-order valence-electron chi connectivity index (χ3n) is 5.32. The number of benzene rings is 1. The average molecular weight is 423 g/mol. The standard InChI is InChI=1S/C23H23ClN4S/c1-14-5-6-18(13-15(14)2)19-16(3)29-22-20(19)21(26-23(24)27-22)28(4)12-9-17-7-10-25-11-8-17/h5-8,10-11,13H,9,12H2,1-4H3. The summed E-state index contributed by atoms with van der Waals surface area (Å²) in [6.45, 7) is 7.26. The Morgan fingerprint density at radius 2 is 1.76 bits per heavy atom. The summed E-state index contributed by atoms with van der Waals surface area (Å²) < 4.78 is 0. The number of hydrogen-bond acceptors (Lipinski definition) is 5. The van der Waals surface area contributed by atoms with Crippen LogP contribution in [0.4, 0.5) is 5.82 Å². The van der Waals surface area contributed by atoms with Crippen molar-refractivity contribution in [3.63, 3.8) is 0 Å².